The molecule has 0 spiro atoms. The molecule has 0 fully saturated rings. The first-order valence-electron chi connectivity index (χ1n) is 7.11. The van der Waals surface area contributed by atoms with Gasteiger partial charge in [-0.3, -0.25) is 14.8 Å². The predicted octanol–water partition coefficient (Wildman–Crippen LogP) is 1.29. The molecular formula is C17H18N2O4. The zero-order valence-electron chi connectivity index (χ0n) is 12.5. The molecule has 120 valence electrons. The third kappa shape index (κ3) is 4.38. The van der Waals surface area contributed by atoms with E-state index in [1.54, 1.807) is 36.4 Å². The molecule has 6 heteroatoms. The number of nitrogens with two attached hydrogens (primary N) is 1. The Morgan fingerprint density at radius 3 is 2.04 bits per heavy atom. The molecule has 0 unspecified atom stereocenters. The Hall–Kier alpha value is -2.70. The van der Waals surface area contributed by atoms with Crippen molar-refractivity contribution in [2.75, 3.05) is 11.7 Å². The smallest absolute Gasteiger partial charge is 0.255 e. The van der Waals surface area contributed by atoms with Crippen molar-refractivity contribution in [3.8, 4) is 0 Å². The molecule has 0 atom stereocenters. The summed E-state index contributed by atoms with van der Waals surface area (Å²) in [7, 11) is 0. The third-order valence-corrected chi connectivity index (χ3v) is 3.41. The molecule has 0 aromatic heterocycles. The van der Waals surface area contributed by atoms with Crippen LogP contribution in [0.2, 0.25) is 0 Å². The Morgan fingerprint density at radius 1 is 0.957 bits per heavy atom. The molecule has 2 rings (SSSR count). The Balaban J connectivity index is 2.02. The molecule has 0 saturated carbocycles. The van der Waals surface area contributed by atoms with E-state index in [-0.39, 0.29) is 13.0 Å². The van der Waals surface area contributed by atoms with Crippen molar-refractivity contribution in [2.24, 2.45) is 5.73 Å². The van der Waals surface area contributed by atoms with Crippen molar-refractivity contribution in [2.45, 2.75) is 12.8 Å². The van der Waals surface area contributed by atoms with Crippen LogP contribution in [0.15, 0.2) is 48.5 Å². The number of benzene rings is 2. The van der Waals surface area contributed by atoms with Crippen molar-refractivity contribution in [3.05, 3.63) is 65.2 Å². The van der Waals surface area contributed by atoms with Crippen molar-refractivity contribution < 1.29 is 19.9 Å². The fourth-order valence-electron chi connectivity index (χ4n) is 2.11. The molecule has 2 amide bonds. The highest BCUT2D eigenvalue weighted by molar-refractivity contribution is 5.94. The Labute approximate surface area is 133 Å². The normalized spacial score (nSPS) is 10.3. The van der Waals surface area contributed by atoms with Crippen molar-refractivity contribution in [3.63, 3.8) is 0 Å². The van der Waals surface area contributed by atoms with Crippen LogP contribution in [0.4, 0.5) is 5.69 Å². The lowest BCUT2D eigenvalue weighted by Crippen LogP contribution is -2.28. The van der Waals surface area contributed by atoms with Crippen LogP contribution in [0, 0.1) is 0 Å². The number of rotatable bonds is 6. The van der Waals surface area contributed by atoms with Crippen LogP contribution < -0.4 is 10.8 Å². The zero-order chi connectivity index (χ0) is 16.8. The minimum atomic E-state index is -0.533. The summed E-state index contributed by atoms with van der Waals surface area (Å²) in [5.74, 6) is -1.03. The Kier molecular flexibility index (Phi) is 5.46. The fourth-order valence-corrected chi connectivity index (χ4v) is 2.11. The number of aliphatic hydroxyl groups excluding tert-OH is 1. The van der Waals surface area contributed by atoms with Gasteiger partial charge in [0.05, 0.1) is 12.1 Å². The van der Waals surface area contributed by atoms with Crippen molar-refractivity contribution in [1.82, 2.24) is 0 Å². The largest absolute Gasteiger partial charge is 0.396 e. The van der Waals surface area contributed by atoms with E-state index in [1.165, 1.54) is 12.1 Å². The maximum absolute atomic E-state index is 12.1. The molecule has 0 heterocycles. The predicted molar refractivity (Wildman–Crippen MR) is 85.2 cm³/mol. The maximum atomic E-state index is 12.1. The number of primary amides is 1. The molecule has 0 aliphatic heterocycles. The highest BCUT2D eigenvalue weighted by Crippen LogP contribution is 2.16. The first-order chi connectivity index (χ1) is 11.0. The molecule has 0 saturated heterocycles. The molecule has 0 aliphatic carbocycles. The van der Waals surface area contributed by atoms with Crippen LogP contribution in [0.25, 0.3) is 0 Å². The summed E-state index contributed by atoms with van der Waals surface area (Å²) < 4.78 is 0. The minimum absolute atomic E-state index is 0.00602. The molecule has 0 radical (unpaired) electrons. The molecule has 2 aromatic carbocycles. The molecular weight excluding hydrogens is 296 g/mol. The van der Waals surface area contributed by atoms with E-state index >= 15 is 0 Å². The van der Waals surface area contributed by atoms with E-state index < -0.39 is 11.8 Å². The van der Waals surface area contributed by atoms with Crippen LogP contribution in [0.3, 0.4) is 0 Å². The van der Waals surface area contributed by atoms with Gasteiger partial charge in [0.25, 0.3) is 5.91 Å². The van der Waals surface area contributed by atoms with E-state index in [0.29, 0.717) is 28.3 Å². The van der Waals surface area contributed by atoms with E-state index in [2.05, 4.69) is 0 Å². The molecule has 0 aliphatic rings. The SMILES string of the molecule is NC(=O)c1ccc(CC(=O)N(O)c2ccc(CCO)cc2)cc1. The monoisotopic (exact) mass is 314 g/mol. The first-order valence-corrected chi connectivity index (χ1v) is 7.11. The van der Waals surface area contributed by atoms with Gasteiger partial charge in [0, 0.05) is 12.2 Å². The number of anilines is 1. The number of nitrogens with zero attached hydrogens (tertiary/aromatic N) is 1. The van der Waals surface area contributed by atoms with Crippen molar-refractivity contribution in [1.29, 1.82) is 0 Å². The van der Waals surface area contributed by atoms with Gasteiger partial charge in [-0.2, -0.15) is 5.06 Å². The van der Waals surface area contributed by atoms with Crippen LogP contribution >= 0.6 is 0 Å². The molecule has 6 nitrogen and oxygen atoms in total. The highest BCUT2D eigenvalue weighted by atomic mass is 16.5. The number of carbonyl (C=O) groups is 2. The average molecular weight is 314 g/mol. The van der Waals surface area contributed by atoms with Gasteiger partial charge < -0.3 is 10.8 Å². The topological polar surface area (TPSA) is 104 Å². The second-order valence-electron chi connectivity index (χ2n) is 5.08. The van der Waals surface area contributed by atoms with Gasteiger partial charge in [-0.05, 0) is 41.8 Å². The van der Waals surface area contributed by atoms with Gasteiger partial charge in [0.15, 0.2) is 0 Å². The first kappa shape index (κ1) is 16.7. The number of aliphatic hydroxyl groups is 1. The zero-order valence-corrected chi connectivity index (χ0v) is 12.5. The summed E-state index contributed by atoms with van der Waals surface area (Å²) in [6, 6.07) is 13.0. The third-order valence-electron chi connectivity index (χ3n) is 3.41. The summed E-state index contributed by atoms with van der Waals surface area (Å²) in [4.78, 5) is 23.1. The molecule has 4 N–H and O–H groups in total. The second-order valence-corrected chi connectivity index (χ2v) is 5.08. The van der Waals surface area contributed by atoms with E-state index in [9.17, 15) is 14.8 Å². The van der Waals surface area contributed by atoms with Gasteiger partial charge in [-0.1, -0.05) is 24.3 Å². The van der Waals surface area contributed by atoms with Gasteiger partial charge >= 0.3 is 0 Å². The quantitative estimate of drug-likeness (QED) is 0.552. The second kappa shape index (κ2) is 7.53. The number of hydroxylamine groups is 1. The van der Waals surface area contributed by atoms with Crippen LogP contribution in [0.5, 0.6) is 0 Å². The Morgan fingerprint density at radius 2 is 1.52 bits per heavy atom. The fraction of sp³-hybridized carbons (Fsp3) is 0.176. The summed E-state index contributed by atoms with van der Waals surface area (Å²) in [6.45, 7) is 0.0441. The summed E-state index contributed by atoms with van der Waals surface area (Å²) in [6.07, 6.45) is 0.514. The van der Waals surface area contributed by atoms with Crippen LogP contribution in [-0.4, -0.2) is 28.7 Å². The summed E-state index contributed by atoms with van der Waals surface area (Å²) in [5.41, 5.74) is 7.45. The number of hydrogen-bond donors (Lipinski definition) is 3. The van der Waals surface area contributed by atoms with E-state index in [0.717, 1.165) is 5.56 Å². The summed E-state index contributed by atoms with van der Waals surface area (Å²) >= 11 is 0. The van der Waals surface area contributed by atoms with E-state index in [4.69, 9.17) is 10.8 Å². The van der Waals surface area contributed by atoms with Gasteiger partial charge in [-0.15, -0.1) is 0 Å². The Bertz CT molecular complexity index is 681. The number of hydrogen-bond acceptors (Lipinski definition) is 4. The molecule has 2 aromatic rings. The lowest BCUT2D eigenvalue weighted by atomic mass is 10.1. The molecule has 0 bridgehead atoms. The average Bonchev–Trinajstić information content (AvgIpc) is 2.55. The number of carbonyl (C=O) groups excluding carboxylic acids is 2. The number of amides is 2. The minimum Gasteiger partial charge on any atom is -0.396 e. The van der Waals surface area contributed by atoms with E-state index in [1.807, 2.05) is 0 Å². The van der Waals surface area contributed by atoms with Crippen molar-refractivity contribution >= 4 is 17.5 Å². The van der Waals surface area contributed by atoms with Crippen LogP contribution in [-0.2, 0) is 17.6 Å². The maximum Gasteiger partial charge on any atom is 0.255 e. The van der Waals surface area contributed by atoms with Crippen LogP contribution in [0.1, 0.15) is 21.5 Å². The lowest BCUT2D eigenvalue weighted by Gasteiger charge is -2.15. The van der Waals surface area contributed by atoms with Gasteiger partial charge in [0.1, 0.15) is 0 Å². The highest BCUT2D eigenvalue weighted by Gasteiger charge is 2.14. The summed E-state index contributed by atoms with van der Waals surface area (Å²) in [5, 5.41) is 19.4. The standard InChI is InChI=1S/C17H18N2O4/c18-17(22)14-5-1-13(2-6-14)11-16(21)19(23)15-7-3-12(4-8-15)9-10-20/h1-8,20,23H,9-11H2,(H2,18,22). The molecule has 23 heavy (non-hydrogen) atoms. The lowest BCUT2D eigenvalue weighted by molar-refractivity contribution is -0.122. The van der Waals surface area contributed by atoms with Gasteiger partial charge in [-0.25, -0.2) is 0 Å². The van der Waals surface area contributed by atoms with Gasteiger partial charge in [0.2, 0.25) is 5.91 Å².